The van der Waals surface area contributed by atoms with Gasteiger partial charge in [0, 0.05) is 10.7 Å². The number of pyridine rings is 1. The molecule has 0 aliphatic heterocycles. The van der Waals surface area contributed by atoms with Gasteiger partial charge in [-0.2, -0.15) is 0 Å². The monoisotopic (exact) mass is 240 g/mol. The number of aromatic nitrogens is 1. The largest absolute Gasteiger partial charge is 0.311 e. The average molecular weight is 241 g/mol. The summed E-state index contributed by atoms with van der Waals surface area (Å²) in [5.74, 6) is 0. The molecule has 0 aromatic carbocycles. The van der Waals surface area contributed by atoms with Crippen molar-refractivity contribution in [3.05, 3.63) is 41.2 Å². The predicted octanol–water partition coefficient (Wildman–Crippen LogP) is 2.68. The molecule has 2 nitrogen and oxygen atoms in total. The lowest BCUT2D eigenvalue weighted by Gasteiger charge is -2.12. The Morgan fingerprint density at radius 3 is 2.92 bits per heavy atom. The Kier molecular flexibility index (Phi) is 4.12. The van der Waals surface area contributed by atoms with Crippen molar-refractivity contribution in [2.75, 3.05) is 7.05 Å². The van der Waals surface area contributed by atoms with Crippen molar-refractivity contribution >= 4 is 15.9 Å². The molecule has 1 atom stereocenters. The molecule has 1 aromatic heterocycles. The van der Waals surface area contributed by atoms with Gasteiger partial charge < -0.3 is 5.32 Å². The third-order valence-electron chi connectivity index (χ3n) is 1.86. The van der Waals surface area contributed by atoms with Crippen LogP contribution in [0, 0.1) is 0 Å². The first-order valence-corrected chi connectivity index (χ1v) is 4.97. The lowest BCUT2D eigenvalue weighted by Crippen LogP contribution is -2.16. The summed E-state index contributed by atoms with van der Waals surface area (Å²) in [6.07, 6.45) is 4.60. The highest BCUT2D eigenvalue weighted by Gasteiger charge is 2.07. The predicted molar refractivity (Wildman–Crippen MR) is 58.6 cm³/mol. The zero-order chi connectivity index (χ0) is 9.68. The van der Waals surface area contributed by atoms with Gasteiger partial charge in [-0.1, -0.05) is 6.08 Å². The number of hydrogen-bond donors (Lipinski definition) is 1. The molecule has 0 spiro atoms. The van der Waals surface area contributed by atoms with Crippen molar-refractivity contribution in [1.82, 2.24) is 10.3 Å². The minimum Gasteiger partial charge on any atom is -0.311 e. The number of nitrogens with zero attached hydrogens (tertiary/aromatic N) is 1. The van der Waals surface area contributed by atoms with Crippen LogP contribution in [0.15, 0.2) is 35.5 Å². The van der Waals surface area contributed by atoms with Gasteiger partial charge in [0.2, 0.25) is 0 Å². The molecule has 1 unspecified atom stereocenters. The van der Waals surface area contributed by atoms with Crippen LogP contribution in [0.3, 0.4) is 0 Å². The summed E-state index contributed by atoms with van der Waals surface area (Å²) in [7, 11) is 1.93. The molecule has 0 amide bonds. The SMILES string of the molecule is C=CCC(NC)c1ccc(Br)cn1. The molecule has 0 aliphatic carbocycles. The maximum Gasteiger partial charge on any atom is 0.0577 e. The van der Waals surface area contributed by atoms with Crippen LogP contribution >= 0.6 is 15.9 Å². The topological polar surface area (TPSA) is 24.9 Å². The fraction of sp³-hybridized carbons (Fsp3) is 0.300. The van der Waals surface area contributed by atoms with Crippen LogP contribution in [0.1, 0.15) is 18.2 Å². The maximum absolute atomic E-state index is 4.31. The molecule has 70 valence electrons. The number of rotatable bonds is 4. The molecule has 1 heterocycles. The normalized spacial score (nSPS) is 12.5. The van der Waals surface area contributed by atoms with Gasteiger partial charge in [-0.3, -0.25) is 4.98 Å². The molecule has 1 rings (SSSR count). The minimum absolute atomic E-state index is 0.269. The lowest BCUT2D eigenvalue weighted by molar-refractivity contribution is 0.587. The van der Waals surface area contributed by atoms with Gasteiger partial charge >= 0.3 is 0 Å². The number of halogens is 1. The molecular weight excluding hydrogens is 228 g/mol. The highest BCUT2D eigenvalue weighted by molar-refractivity contribution is 9.10. The average Bonchev–Trinajstić information content (AvgIpc) is 2.16. The van der Waals surface area contributed by atoms with E-state index in [2.05, 4.69) is 32.8 Å². The summed E-state index contributed by atoms with van der Waals surface area (Å²) in [4.78, 5) is 4.31. The van der Waals surface area contributed by atoms with E-state index in [1.807, 2.05) is 31.5 Å². The summed E-state index contributed by atoms with van der Waals surface area (Å²) in [6.45, 7) is 3.71. The van der Waals surface area contributed by atoms with E-state index in [0.717, 1.165) is 16.6 Å². The van der Waals surface area contributed by atoms with E-state index < -0.39 is 0 Å². The highest BCUT2D eigenvalue weighted by atomic mass is 79.9. The Morgan fingerprint density at radius 1 is 1.69 bits per heavy atom. The van der Waals surface area contributed by atoms with Crippen LogP contribution in [0.25, 0.3) is 0 Å². The quantitative estimate of drug-likeness (QED) is 0.820. The zero-order valence-corrected chi connectivity index (χ0v) is 9.21. The van der Waals surface area contributed by atoms with Crippen molar-refractivity contribution in [2.24, 2.45) is 0 Å². The summed E-state index contributed by atoms with van der Waals surface area (Å²) in [6, 6.07) is 4.27. The third kappa shape index (κ3) is 2.94. The van der Waals surface area contributed by atoms with Crippen molar-refractivity contribution in [3.8, 4) is 0 Å². The number of nitrogens with one attached hydrogen (secondary N) is 1. The Labute approximate surface area is 87.2 Å². The van der Waals surface area contributed by atoms with Crippen LogP contribution in [0.5, 0.6) is 0 Å². The molecule has 1 aromatic rings. The van der Waals surface area contributed by atoms with E-state index in [1.165, 1.54) is 0 Å². The van der Waals surface area contributed by atoms with Crippen LogP contribution in [0.4, 0.5) is 0 Å². The third-order valence-corrected chi connectivity index (χ3v) is 2.33. The first-order valence-electron chi connectivity index (χ1n) is 4.17. The summed E-state index contributed by atoms with van der Waals surface area (Å²) >= 11 is 3.35. The second-order valence-corrected chi connectivity index (χ2v) is 3.68. The molecule has 0 saturated carbocycles. The molecule has 0 radical (unpaired) electrons. The molecule has 0 saturated heterocycles. The fourth-order valence-electron chi connectivity index (χ4n) is 1.15. The van der Waals surface area contributed by atoms with Crippen molar-refractivity contribution in [3.63, 3.8) is 0 Å². The standard InChI is InChI=1S/C10H13BrN2/c1-3-4-9(12-2)10-6-5-8(11)7-13-10/h3,5-7,9,12H,1,4H2,2H3. The maximum atomic E-state index is 4.31. The van der Waals surface area contributed by atoms with E-state index in [4.69, 9.17) is 0 Å². The van der Waals surface area contributed by atoms with Gasteiger partial charge in [-0.15, -0.1) is 6.58 Å². The molecule has 1 N–H and O–H groups in total. The van der Waals surface area contributed by atoms with Crippen molar-refractivity contribution < 1.29 is 0 Å². The van der Waals surface area contributed by atoms with E-state index >= 15 is 0 Å². The Bertz CT molecular complexity index is 269. The summed E-state index contributed by atoms with van der Waals surface area (Å²) in [5.41, 5.74) is 1.05. The van der Waals surface area contributed by atoms with Gasteiger partial charge in [0.05, 0.1) is 11.7 Å². The van der Waals surface area contributed by atoms with E-state index in [0.29, 0.717) is 0 Å². The van der Waals surface area contributed by atoms with Gasteiger partial charge in [-0.05, 0) is 41.5 Å². The molecule has 3 heteroatoms. The molecule has 0 aliphatic rings. The molecular formula is C10H13BrN2. The van der Waals surface area contributed by atoms with Crippen LogP contribution in [-0.2, 0) is 0 Å². The second kappa shape index (κ2) is 5.14. The molecule has 0 bridgehead atoms. The Morgan fingerprint density at radius 2 is 2.46 bits per heavy atom. The fourth-order valence-corrected chi connectivity index (χ4v) is 1.38. The molecule has 0 fully saturated rings. The smallest absolute Gasteiger partial charge is 0.0577 e. The summed E-state index contributed by atoms with van der Waals surface area (Å²) in [5, 5.41) is 3.19. The van der Waals surface area contributed by atoms with E-state index in [9.17, 15) is 0 Å². The zero-order valence-electron chi connectivity index (χ0n) is 7.63. The number of hydrogen-bond acceptors (Lipinski definition) is 2. The van der Waals surface area contributed by atoms with Crippen molar-refractivity contribution in [2.45, 2.75) is 12.5 Å². The van der Waals surface area contributed by atoms with Crippen LogP contribution in [0.2, 0.25) is 0 Å². The first kappa shape index (κ1) is 10.4. The Hall–Kier alpha value is -0.670. The van der Waals surface area contributed by atoms with E-state index in [1.54, 1.807) is 0 Å². The van der Waals surface area contributed by atoms with Gasteiger partial charge in [0.15, 0.2) is 0 Å². The van der Waals surface area contributed by atoms with Gasteiger partial charge in [0.1, 0.15) is 0 Å². The van der Waals surface area contributed by atoms with Crippen LogP contribution in [-0.4, -0.2) is 12.0 Å². The summed E-state index contributed by atoms with van der Waals surface area (Å²) < 4.78 is 1.00. The molecule has 13 heavy (non-hydrogen) atoms. The second-order valence-electron chi connectivity index (χ2n) is 2.77. The van der Waals surface area contributed by atoms with E-state index in [-0.39, 0.29) is 6.04 Å². The highest BCUT2D eigenvalue weighted by Crippen LogP contribution is 2.16. The van der Waals surface area contributed by atoms with Gasteiger partial charge in [-0.25, -0.2) is 0 Å². The minimum atomic E-state index is 0.269. The first-order chi connectivity index (χ1) is 6.27. The van der Waals surface area contributed by atoms with Gasteiger partial charge in [0.25, 0.3) is 0 Å². The van der Waals surface area contributed by atoms with Crippen molar-refractivity contribution in [1.29, 1.82) is 0 Å². The Balaban J connectivity index is 2.78. The lowest BCUT2D eigenvalue weighted by atomic mass is 10.1. The van der Waals surface area contributed by atoms with Crippen LogP contribution < -0.4 is 5.32 Å².